The number of rotatable bonds is 6. The summed E-state index contributed by atoms with van der Waals surface area (Å²) in [5.41, 5.74) is 1.15. The van der Waals surface area contributed by atoms with Crippen LogP contribution in [0, 0.1) is 0 Å². The molecule has 0 aromatic heterocycles. The molecule has 0 radical (unpaired) electrons. The second kappa shape index (κ2) is 10.0. The molecule has 1 aliphatic heterocycles. The maximum Gasteiger partial charge on any atom is 0.253 e. The van der Waals surface area contributed by atoms with Crippen molar-refractivity contribution >= 4 is 21.7 Å². The van der Waals surface area contributed by atoms with Crippen LogP contribution in [0.15, 0.2) is 47.4 Å². The minimum atomic E-state index is -3.40. The fourth-order valence-electron chi connectivity index (χ4n) is 3.69. The van der Waals surface area contributed by atoms with Crippen LogP contribution in [0.1, 0.15) is 22.3 Å². The van der Waals surface area contributed by atoms with Crippen molar-refractivity contribution in [2.45, 2.75) is 17.7 Å². The van der Waals surface area contributed by atoms with E-state index in [1.54, 1.807) is 48.3 Å². The van der Waals surface area contributed by atoms with E-state index in [4.69, 9.17) is 9.47 Å². The van der Waals surface area contributed by atoms with Crippen molar-refractivity contribution in [3.8, 4) is 11.5 Å². The van der Waals surface area contributed by atoms with Crippen molar-refractivity contribution in [3.05, 3.63) is 53.6 Å². The van der Waals surface area contributed by atoms with Crippen molar-refractivity contribution in [3.63, 3.8) is 0 Å². The van der Waals surface area contributed by atoms with Crippen molar-refractivity contribution in [2.75, 3.05) is 46.7 Å². The molecule has 0 unspecified atom stereocenters. The molecule has 0 bridgehead atoms. The van der Waals surface area contributed by atoms with E-state index >= 15 is 0 Å². The summed E-state index contributed by atoms with van der Waals surface area (Å²) in [6.45, 7) is 1.87. The van der Waals surface area contributed by atoms with E-state index in [1.807, 2.05) is 6.07 Å². The molecular formula is C23H28N2O6S. The zero-order chi connectivity index (χ0) is 23.3. The van der Waals surface area contributed by atoms with E-state index in [1.165, 1.54) is 12.1 Å². The first-order chi connectivity index (χ1) is 15.2. The minimum absolute atomic E-state index is 0.0226. The molecule has 1 fully saturated rings. The number of ether oxygens (including phenoxy) is 2. The number of hydrogen-bond acceptors (Lipinski definition) is 6. The van der Waals surface area contributed by atoms with E-state index < -0.39 is 9.84 Å². The Balaban J connectivity index is 1.65. The number of benzene rings is 2. The topological polar surface area (TPSA) is 93.2 Å². The fraction of sp³-hybridized carbons (Fsp3) is 0.391. The number of carbonyl (C=O) groups is 2. The lowest BCUT2D eigenvalue weighted by Gasteiger charge is -2.22. The average Bonchev–Trinajstić information content (AvgIpc) is 3.04. The quantitative estimate of drug-likeness (QED) is 0.655. The second-order valence-corrected chi connectivity index (χ2v) is 9.71. The predicted molar refractivity (Wildman–Crippen MR) is 120 cm³/mol. The maximum absolute atomic E-state index is 12.9. The summed E-state index contributed by atoms with van der Waals surface area (Å²) in [5, 5.41) is 0. The van der Waals surface area contributed by atoms with Crippen LogP contribution in [-0.2, 0) is 21.1 Å². The van der Waals surface area contributed by atoms with Gasteiger partial charge in [0.15, 0.2) is 21.3 Å². The van der Waals surface area contributed by atoms with Gasteiger partial charge in [-0.2, -0.15) is 0 Å². The Kier molecular flexibility index (Phi) is 7.40. The highest BCUT2D eigenvalue weighted by Gasteiger charge is 2.24. The van der Waals surface area contributed by atoms with Gasteiger partial charge in [0, 0.05) is 38.0 Å². The fourth-order valence-corrected chi connectivity index (χ4v) is 4.36. The van der Waals surface area contributed by atoms with E-state index in [2.05, 4.69) is 0 Å². The smallest absolute Gasteiger partial charge is 0.253 e. The van der Waals surface area contributed by atoms with Gasteiger partial charge in [0.25, 0.3) is 5.91 Å². The summed E-state index contributed by atoms with van der Waals surface area (Å²) in [5.74, 6) is 0.921. The normalized spacial score (nSPS) is 14.6. The van der Waals surface area contributed by atoms with Gasteiger partial charge in [-0.05, 0) is 42.3 Å². The average molecular weight is 461 g/mol. The molecule has 1 aliphatic rings. The minimum Gasteiger partial charge on any atom is -0.493 e. The molecule has 9 heteroatoms. The Morgan fingerprint density at radius 3 is 2.28 bits per heavy atom. The third-order valence-electron chi connectivity index (χ3n) is 5.45. The highest BCUT2D eigenvalue weighted by atomic mass is 32.2. The van der Waals surface area contributed by atoms with Crippen molar-refractivity contribution in [1.82, 2.24) is 9.80 Å². The number of methoxy groups -OCH3 is 2. The van der Waals surface area contributed by atoms with Crippen LogP contribution in [-0.4, -0.2) is 76.7 Å². The number of amides is 2. The number of carbonyl (C=O) groups excluding carboxylic acids is 2. The summed E-state index contributed by atoms with van der Waals surface area (Å²) in [7, 11) is -0.286. The standard InChI is InChI=1S/C23H28N2O6S/c1-30-20-9-8-17(14-21(20)31-2)15-22(26)24-10-5-11-25(13-12-24)23(27)18-6-4-7-19(16-18)32(3,28)29/h4,6-9,14,16H,5,10-13,15H2,1-3H3. The molecule has 0 atom stereocenters. The molecule has 0 saturated carbocycles. The Hall–Kier alpha value is -3.07. The SMILES string of the molecule is COc1ccc(CC(=O)N2CCCN(C(=O)c3cccc(S(C)(=O)=O)c3)CC2)cc1OC. The van der Waals surface area contributed by atoms with Gasteiger partial charge in [-0.15, -0.1) is 0 Å². The van der Waals surface area contributed by atoms with Crippen LogP contribution in [0.4, 0.5) is 0 Å². The number of sulfone groups is 1. The van der Waals surface area contributed by atoms with Crippen LogP contribution in [0.2, 0.25) is 0 Å². The van der Waals surface area contributed by atoms with Crippen molar-refractivity contribution < 1.29 is 27.5 Å². The molecule has 1 heterocycles. The Labute approximate surface area is 188 Å². The lowest BCUT2D eigenvalue weighted by Crippen LogP contribution is -2.38. The maximum atomic E-state index is 12.9. The van der Waals surface area contributed by atoms with Crippen LogP contribution in [0.25, 0.3) is 0 Å². The first-order valence-corrected chi connectivity index (χ1v) is 12.2. The van der Waals surface area contributed by atoms with Crippen LogP contribution in [0.3, 0.4) is 0 Å². The molecule has 172 valence electrons. The lowest BCUT2D eigenvalue weighted by atomic mass is 10.1. The predicted octanol–water partition coefficient (Wildman–Crippen LogP) is 2.02. The van der Waals surface area contributed by atoms with Crippen molar-refractivity contribution in [2.24, 2.45) is 0 Å². The van der Waals surface area contributed by atoms with Gasteiger partial charge in [-0.25, -0.2) is 8.42 Å². The van der Waals surface area contributed by atoms with Gasteiger partial charge in [0.2, 0.25) is 5.91 Å². The van der Waals surface area contributed by atoms with Gasteiger partial charge >= 0.3 is 0 Å². The zero-order valence-electron chi connectivity index (χ0n) is 18.5. The molecule has 2 aromatic carbocycles. The highest BCUT2D eigenvalue weighted by molar-refractivity contribution is 7.90. The number of hydrogen-bond donors (Lipinski definition) is 0. The van der Waals surface area contributed by atoms with Gasteiger partial charge in [-0.3, -0.25) is 9.59 Å². The van der Waals surface area contributed by atoms with Crippen molar-refractivity contribution in [1.29, 1.82) is 0 Å². The molecule has 1 saturated heterocycles. The Bertz CT molecular complexity index is 1100. The van der Waals surface area contributed by atoms with Crippen LogP contribution >= 0.6 is 0 Å². The van der Waals surface area contributed by atoms with Crippen LogP contribution < -0.4 is 9.47 Å². The highest BCUT2D eigenvalue weighted by Crippen LogP contribution is 2.28. The molecule has 8 nitrogen and oxygen atoms in total. The van der Waals surface area contributed by atoms with Gasteiger partial charge < -0.3 is 19.3 Å². The zero-order valence-corrected chi connectivity index (χ0v) is 19.4. The third-order valence-corrected chi connectivity index (χ3v) is 6.56. The molecule has 3 rings (SSSR count). The van der Waals surface area contributed by atoms with E-state index in [0.29, 0.717) is 49.7 Å². The van der Waals surface area contributed by atoms with Gasteiger partial charge in [-0.1, -0.05) is 12.1 Å². The Morgan fingerprint density at radius 1 is 0.906 bits per heavy atom. The lowest BCUT2D eigenvalue weighted by molar-refractivity contribution is -0.130. The first kappa shape index (κ1) is 23.6. The summed E-state index contributed by atoms with van der Waals surface area (Å²) in [4.78, 5) is 29.3. The second-order valence-electron chi connectivity index (χ2n) is 7.69. The molecule has 32 heavy (non-hydrogen) atoms. The molecule has 0 spiro atoms. The largest absolute Gasteiger partial charge is 0.493 e. The summed E-state index contributed by atoms with van der Waals surface area (Å²) in [6.07, 6.45) is 1.99. The molecule has 0 N–H and O–H groups in total. The monoisotopic (exact) mass is 460 g/mol. The van der Waals surface area contributed by atoms with E-state index in [-0.39, 0.29) is 23.1 Å². The molecule has 0 aliphatic carbocycles. The third kappa shape index (κ3) is 5.59. The first-order valence-electron chi connectivity index (χ1n) is 10.3. The van der Waals surface area contributed by atoms with E-state index in [9.17, 15) is 18.0 Å². The molecule has 2 aromatic rings. The van der Waals surface area contributed by atoms with Crippen LogP contribution in [0.5, 0.6) is 11.5 Å². The van der Waals surface area contributed by atoms with Gasteiger partial charge in [0.1, 0.15) is 0 Å². The number of nitrogens with zero attached hydrogens (tertiary/aromatic N) is 2. The summed E-state index contributed by atoms with van der Waals surface area (Å²) >= 11 is 0. The Morgan fingerprint density at radius 2 is 1.59 bits per heavy atom. The molecule has 2 amide bonds. The summed E-state index contributed by atoms with van der Waals surface area (Å²) < 4.78 is 34.1. The van der Waals surface area contributed by atoms with E-state index in [0.717, 1.165) is 11.8 Å². The van der Waals surface area contributed by atoms with Gasteiger partial charge in [0.05, 0.1) is 25.5 Å². The molecular weight excluding hydrogens is 432 g/mol. The summed E-state index contributed by atoms with van der Waals surface area (Å²) in [6, 6.07) is 11.5.